The molecule has 2 aliphatic rings. The van der Waals surface area contributed by atoms with Crippen molar-refractivity contribution in [3.05, 3.63) is 33.3 Å². The molecule has 1 aliphatic carbocycles. The van der Waals surface area contributed by atoms with Gasteiger partial charge in [0, 0.05) is 15.5 Å². The fraction of sp³-hybridized carbons (Fsp3) is 0.682. The van der Waals surface area contributed by atoms with Crippen molar-refractivity contribution in [2.24, 2.45) is 11.8 Å². The van der Waals surface area contributed by atoms with Crippen LogP contribution in [-0.4, -0.2) is 42.7 Å². The van der Waals surface area contributed by atoms with E-state index in [9.17, 15) is 18.0 Å². The molecule has 3 rings (SSSR count). The first-order valence-electron chi connectivity index (χ1n) is 10.7. The van der Waals surface area contributed by atoms with Gasteiger partial charge in [-0.15, -0.1) is 0 Å². The molecule has 0 spiro atoms. The van der Waals surface area contributed by atoms with E-state index in [4.69, 9.17) is 11.6 Å². The van der Waals surface area contributed by atoms with Crippen LogP contribution in [0.1, 0.15) is 50.5 Å². The molecule has 30 heavy (non-hydrogen) atoms. The second-order valence-electron chi connectivity index (χ2n) is 8.70. The zero-order valence-corrected chi connectivity index (χ0v) is 19.3. The van der Waals surface area contributed by atoms with Crippen molar-refractivity contribution in [3.8, 4) is 0 Å². The summed E-state index contributed by atoms with van der Waals surface area (Å²) in [5.74, 6) is -0.591. The van der Waals surface area contributed by atoms with E-state index in [1.54, 1.807) is 0 Å². The molecule has 0 aromatic heterocycles. The number of hydrogen-bond acceptors (Lipinski definition) is 2. The van der Waals surface area contributed by atoms with Crippen LogP contribution in [0.3, 0.4) is 0 Å². The Bertz CT molecular complexity index is 715. The molecule has 1 N–H and O–H groups in total. The molecule has 2 fully saturated rings. The van der Waals surface area contributed by atoms with E-state index in [2.05, 4.69) is 26.1 Å². The summed E-state index contributed by atoms with van der Waals surface area (Å²) in [6.45, 7) is 3.25. The SMILES string of the molecule is O=C(N[C@H]1CC[C@H](CCN2CCC(Cc3cc(Cl)ccc3Br)CC2)CC1)C(F)(F)F. The number of amides is 1. The zero-order chi connectivity index (χ0) is 21.7. The maximum absolute atomic E-state index is 12.4. The fourth-order valence-corrected chi connectivity index (χ4v) is 5.26. The van der Waals surface area contributed by atoms with Crippen LogP contribution in [0.5, 0.6) is 0 Å². The Kier molecular flexibility index (Phi) is 8.50. The highest BCUT2D eigenvalue weighted by molar-refractivity contribution is 9.10. The molecule has 1 saturated heterocycles. The maximum Gasteiger partial charge on any atom is 0.471 e. The quantitative estimate of drug-likeness (QED) is 0.511. The van der Waals surface area contributed by atoms with Crippen molar-refractivity contribution in [1.29, 1.82) is 0 Å². The largest absolute Gasteiger partial charge is 0.471 e. The van der Waals surface area contributed by atoms with E-state index in [0.717, 1.165) is 54.8 Å². The van der Waals surface area contributed by atoms with Gasteiger partial charge in [-0.2, -0.15) is 13.2 Å². The number of nitrogens with zero attached hydrogens (tertiary/aromatic N) is 1. The highest BCUT2D eigenvalue weighted by Crippen LogP contribution is 2.30. The number of carbonyl (C=O) groups is 1. The van der Waals surface area contributed by atoms with E-state index in [1.165, 1.54) is 18.4 Å². The zero-order valence-electron chi connectivity index (χ0n) is 17.0. The highest BCUT2D eigenvalue weighted by Gasteiger charge is 2.40. The van der Waals surface area contributed by atoms with Crippen LogP contribution in [0.2, 0.25) is 5.02 Å². The first kappa shape index (κ1) is 23.9. The Morgan fingerprint density at radius 1 is 1.10 bits per heavy atom. The average Bonchev–Trinajstić information content (AvgIpc) is 2.70. The van der Waals surface area contributed by atoms with Gasteiger partial charge in [-0.1, -0.05) is 27.5 Å². The molecule has 0 bridgehead atoms. The van der Waals surface area contributed by atoms with Gasteiger partial charge in [0.25, 0.3) is 0 Å². The summed E-state index contributed by atoms with van der Waals surface area (Å²) in [7, 11) is 0. The second kappa shape index (κ2) is 10.7. The Hall–Kier alpha value is -0.790. The van der Waals surface area contributed by atoms with Crippen LogP contribution in [0, 0.1) is 11.8 Å². The smallest absolute Gasteiger partial charge is 0.346 e. The Labute approximate surface area is 189 Å². The molecule has 3 nitrogen and oxygen atoms in total. The molecule has 1 aromatic carbocycles. The molecule has 0 atom stereocenters. The first-order chi connectivity index (χ1) is 14.2. The molecule has 8 heteroatoms. The standard InChI is InChI=1S/C22H29BrClF3N2O/c23-20-6-3-18(24)14-17(20)13-16-8-11-29(12-9-16)10-7-15-1-4-19(5-2-15)28-21(30)22(25,26)27/h3,6,14-16,19H,1-2,4-5,7-13H2,(H,28,30)/t15-,19-. The van der Waals surface area contributed by atoms with Crippen molar-refractivity contribution < 1.29 is 18.0 Å². The van der Waals surface area contributed by atoms with Crippen molar-refractivity contribution in [2.45, 2.75) is 63.6 Å². The molecular weight excluding hydrogens is 481 g/mol. The summed E-state index contributed by atoms with van der Waals surface area (Å²) in [5, 5.41) is 2.91. The number of hydrogen-bond donors (Lipinski definition) is 1. The molecule has 1 aromatic rings. The van der Waals surface area contributed by atoms with Gasteiger partial charge >= 0.3 is 12.1 Å². The predicted octanol–water partition coefficient (Wildman–Crippen LogP) is 5.98. The van der Waals surface area contributed by atoms with Crippen LogP contribution in [-0.2, 0) is 11.2 Å². The third-order valence-corrected chi connectivity index (χ3v) is 7.53. The average molecular weight is 510 g/mol. The van der Waals surface area contributed by atoms with Gasteiger partial charge < -0.3 is 10.2 Å². The van der Waals surface area contributed by atoms with Crippen LogP contribution >= 0.6 is 27.5 Å². The van der Waals surface area contributed by atoms with Gasteiger partial charge in [0.05, 0.1) is 0 Å². The Balaban J connectivity index is 1.33. The number of carbonyl (C=O) groups excluding carboxylic acids is 1. The van der Waals surface area contributed by atoms with Crippen molar-refractivity contribution in [2.75, 3.05) is 19.6 Å². The number of alkyl halides is 3. The first-order valence-corrected chi connectivity index (χ1v) is 11.9. The van der Waals surface area contributed by atoms with E-state index in [-0.39, 0.29) is 6.04 Å². The lowest BCUT2D eigenvalue weighted by Gasteiger charge is -2.34. The second-order valence-corrected chi connectivity index (χ2v) is 9.99. The monoisotopic (exact) mass is 508 g/mol. The number of nitrogens with one attached hydrogen (secondary N) is 1. The minimum atomic E-state index is -4.79. The molecule has 1 aliphatic heterocycles. The van der Waals surface area contributed by atoms with Crippen LogP contribution in [0.15, 0.2) is 22.7 Å². The molecule has 168 valence electrons. The Morgan fingerprint density at radius 2 is 1.77 bits per heavy atom. The summed E-state index contributed by atoms with van der Waals surface area (Å²) in [6, 6.07) is 5.62. The fourth-order valence-electron chi connectivity index (χ4n) is 4.65. The third-order valence-electron chi connectivity index (χ3n) is 6.52. The van der Waals surface area contributed by atoms with Gasteiger partial charge in [0.1, 0.15) is 0 Å². The van der Waals surface area contributed by atoms with E-state index < -0.39 is 12.1 Å². The van der Waals surface area contributed by atoms with E-state index >= 15 is 0 Å². The van der Waals surface area contributed by atoms with Crippen LogP contribution in [0.25, 0.3) is 0 Å². The third kappa shape index (κ3) is 7.13. The normalized spacial score (nSPS) is 24.0. The van der Waals surface area contributed by atoms with Gasteiger partial charge in [0.15, 0.2) is 0 Å². The maximum atomic E-state index is 12.4. The topological polar surface area (TPSA) is 32.3 Å². The van der Waals surface area contributed by atoms with Gasteiger partial charge in [-0.3, -0.25) is 4.79 Å². The number of halogens is 5. The van der Waals surface area contributed by atoms with Gasteiger partial charge in [-0.05, 0) is 107 Å². The Morgan fingerprint density at radius 3 is 2.40 bits per heavy atom. The number of rotatable bonds is 6. The minimum absolute atomic E-state index is 0.336. The molecule has 0 radical (unpaired) electrons. The van der Waals surface area contributed by atoms with Crippen LogP contribution in [0.4, 0.5) is 13.2 Å². The van der Waals surface area contributed by atoms with Crippen molar-refractivity contribution >= 4 is 33.4 Å². The van der Waals surface area contributed by atoms with Crippen LogP contribution < -0.4 is 5.32 Å². The summed E-state index contributed by atoms with van der Waals surface area (Å²) < 4.78 is 38.2. The molecule has 1 saturated carbocycles. The number of benzene rings is 1. The van der Waals surface area contributed by atoms with E-state index in [1.807, 2.05) is 18.2 Å². The van der Waals surface area contributed by atoms with E-state index in [0.29, 0.717) is 24.7 Å². The predicted molar refractivity (Wildman–Crippen MR) is 117 cm³/mol. The lowest BCUT2D eigenvalue weighted by molar-refractivity contribution is -0.174. The van der Waals surface area contributed by atoms with Gasteiger partial charge in [0.2, 0.25) is 0 Å². The number of likely N-dealkylation sites (tertiary alicyclic amines) is 1. The van der Waals surface area contributed by atoms with Crippen molar-refractivity contribution in [3.63, 3.8) is 0 Å². The number of piperidine rings is 1. The van der Waals surface area contributed by atoms with Gasteiger partial charge in [-0.25, -0.2) is 0 Å². The lowest BCUT2D eigenvalue weighted by Crippen LogP contribution is -2.44. The summed E-state index contributed by atoms with van der Waals surface area (Å²) in [6.07, 6.45) is 2.76. The molecule has 0 unspecified atom stereocenters. The minimum Gasteiger partial charge on any atom is -0.346 e. The van der Waals surface area contributed by atoms with Crippen molar-refractivity contribution in [1.82, 2.24) is 10.2 Å². The molecule has 1 heterocycles. The molecular formula is C22H29BrClF3N2O. The summed E-state index contributed by atoms with van der Waals surface area (Å²) in [4.78, 5) is 13.6. The molecule has 1 amide bonds. The summed E-state index contributed by atoms with van der Waals surface area (Å²) in [5.41, 5.74) is 1.27. The lowest BCUT2D eigenvalue weighted by atomic mass is 9.83. The summed E-state index contributed by atoms with van der Waals surface area (Å²) >= 11 is 9.74. The highest BCUT2D eigenvalue weighted by atomic mass is 79.9.